The minimum atomic E-state index is 0.385. The molecule has 1 aliphatic rings. The van der Waals surface area contributed by atoms with Gasteiger partial charge in [-0.25, -0.2) is 4.98 Å². The quantitative estimate of drug-likeness (QED) is 0.707. The van der Waals surface area contributed by atoms with Crippen molar-refractivity contribution in [1.82, 2.24) is 15.3 Å². The van der Waals surface area contributed by atoms with Gasteiger partial charge in [0.25, 0.3) is 0 Å². The Balaban J connectivity index is 2.26. The zero-order valence-electron chi connectivity index (χ0n) is 7.75. The van der Waals surface area contributed by atoms with Crippen molar-refractivity contribution in [2.24, 2.45) is 0 Å². The van der Waals surface area contributed by atoms with Crippen molar-refractivity contribution < 1.29 is 0 Å². The molecule has 1 aromatic rings. The molecule has 0 amide bonds. The molecule has 4 heteroatoms. The summed E-state index contributed by atoms with van der Waals surface area (Å²) in [4.78, 5) is 8.57. The van der Waals surface area contributed by atoms with E-state index in [0.717, 1.165) is 24.5 Å². The molecule has 0 aliphatic carbocycles. The summed E-state index contributed by atoms with van der Waals surface area (Å²) in [7, 11) is 1.88. The molecule has 1 saturated heterocycles. The van der Waals surface area contributed by atoms with Crippen molar-refractivity contribution in [2.75, 3.05) is 18.9 Å². The van der Waals surface area contributed by atoms with Crippen LogP contribution in [0, 0.1) is 0 Å². The molecule has 4 nitrogen and oxygen atoms in total. The number of nitrogens with zero attached hydrogens (tertiary/aromatic N) is 2. The van der Waals surface area contributed by atoms with Crippen molar-refractivity contribution in [3.05, 3.63) is 18.1 Å². The molecule has 0 unspecified atom stereocenters. The lowest BCUT2D eigenvalue weighted by Gasteiger charge is -2.12. The Kier molecular flexibility index (Phi) is 2.40. The van der Waals surface area contributed by atoms with E-state index in [2.05, 4.69) is 20.6 Å². The van der Waals surface area contributed by atoms with E-state index in [-0.39, 0.29) is 0 Å². The number of hydrogen-bond donors (Lipinski definition) is 2. The first-order valence-electron chi connectivity index (χ1n) is 4.64. The van der Waals surface area contributed by atoms with Gasteiger partial charge < -0.3 is 10.6 Å². The molecule has 1 fully saturated rings. The summed E-state index contributed by atoms with van der Waals surface area (Å²) in [5, 5.41) is 6.46. The number of anilines is 1. The minimum Gasteiger partial charge on any atom is -0.372 e. The number of hydrogen-bond acceptors (Lipinski definition) is 4. The van der Waals surface area contributed by atoms with Crippen molar-refractivity contribution in [1.29, 1.82) is 0 Å². The highest BCUT2D eigenvalue weighted by molar-refractivity contribution is 5.40. The topological polar surface area (TPSA) is 49.8 Å². The van der Waals surface area contributed by atoms with Crippen LogP contribution in [0.25, 0.3) is 0 Å². The second kappa shape index (κ2) is 3.70. The maximum atomic E-state index is 4.34. The van der Waals surface area contributed by atoms with Crippen molar-refractivity contribution in [3.63, 3.8) is 0 Å². The number of aromatic nitrogens is 2. The lowest BCUT2D eigenvalue weighted by molar-refractivity contribution is 0.626. The first-order valence-corrected chi connectivity index (χ1v) is 4.64. The minimum absolute atomic E-state index is 0.385. The van der Waals surface area contributed by atoms with Gasteiger partial charge in [-0.1, -0.05) is 0 Å². The van der Waals surface area contributed by atoms with Crippen LogP contribution in [-0.4, -0.2) is 23.6 Å². The van der Waals surface area contributed by atoms with E-state index < -0.39 is 0 Å². The van der Waals surface area contributed by atoms with Gasteiger partial charge in [0.05, 0.1) is 11.7 Å². The van der Waals surface area contributed by atoms with E-state index in [1.165, 1.54) is 6.42 Å². The van der Waals surface area contributed by atoms with Crippen LogP contribution in [0.5, 0.6) is 0 Å². The highest BCUT2D eigenvalue weighted by Crippen LogP contribution is 2.25. The molecular formula is C9H14N4. The average Bonchev–Trinajstić information content (AvgIpc) is 2.70. The van der Waals surface area contributed by atoms with Crippen molar-refractivity contribution in [2.45, 2.75) is 18.9 Å². The van der Waals surface area contributed by atoms with Gasteiger partial charge in [-0.3, -0.25) is 4.98 Å². The van der Waals surface area contributed by atoms with Gasteiger partial charge in [0.1, 0.15) is 5.82 Å². The fraction of sp³-hybridized carbons (Fsp3) is 0.556. The maximum absolute atomic E-state index is 4.34. The summed E-state index contributed by atoms with van der Waals surface area (Å²) < 4.78 is 0. The molecule has 70 valence electrons. The van der Waals surface area contributed by atoms with E-state index in [1.807, 2.05) is 7.05 Å². The van der Waals surface area contributed by atoms with Gasteiger partial charge in [0.2, 0.25) is 0 Å². The summed E-state index contributed by atoms with van der Waals surface area (Å²) in [6.45, 7) is 1.09. The normalized spacial score (nSPS) is 21.8. The Hall–Kier alpha value is -1.16. The number of rotatable bonds is 2. The van der Waals surface area contributed by atoms with E-state index in [9.17, 15) is 0 Å². The molecule has 0 saturated carbocycles. The SMILES string of the molecule is CNc1nccnc1[C@H]1CCCN1. The molecule has 2 rings (SSSR count). The van der Waals surface area contributed by atoms with Crippen molar-refractivity contribution >= 4 is 5.82 Å². The summed E-state index contributed by atoms with van der Waals surface area (Å²) in [5.74, 6) is 0.891. The summed E-state index contributed by atoms with van der Waals surface area (Å²) in [5.41, 5.74) is 1.04. The number of nitrogens with one attached hydrogen (secondary N) is 2. The zero-order chi connectivity index (χ0) is 9.10. The Morgan fingerprint density at radius 2 is 2.31 bits per heavy atom. The largest absolute Gasteiger partial charge is 0.372 e. The van der Waals surface area contributed by atoms with Crippen LogP contribution in [-0.2, 0) is 0 Å². The second-order valence-electron chi connectivity index (χ2n) is 3.19. The van der Waals surface area contributed by atoms with Crippen LogP contribution >= 0.6 is 0 Å². The third kappa shape index (κ3) is 1.62. The third-order valence-corrected chi connectivity index (χ3v) is 2.35. The van der Waals surface area contributed by atoms with Gasteiger partial charge in [-0.2, -0.15) is 0 Å². The predicted molar refractivity (Wildman–Crippen MR) is 51.6 cm³/mol. The molecule has 2 heterocycles. The van der Waals surface area contributed by atoms with E-state index in [0.29, 0.717) is 6.04 Å². The van der Waals surface area contributed by atoms with Gasteiger partial charge in [0.15, 0.2) is 0 Å². The molecule has 13 heavy (non-hydrogen) atoms. The summed E-state index contributed by atoms with van der Waals surface area (Å²) in [6, 6.07) is 0.385. The third-order valence-electron chi connectivity index (χ3n) is 2.35. The van der Waals surface area contributed by atoms with Crippen molar-refractivity contribution in [3.8, 4) is 0 Å². The van der Waals surface area contributed by atoms with E-state index in [4.69, 9.17) is 0 Å². The van der Waals surface area contributed by atoms with E-state index in [1.54, 1.807) is 12.4 Å². The monoisotopic (exact) mass is 178 g/mol. The first kappa shape index (κ1) is 8.44. The van der Waals surface area contributed by atoms with Crippen LogP contribution in [0.2, 0.25) is 0 Å². The van der Waals surface area contributed by atoms with Gasteiger partial charge in [0, 0.05) is 19.4 Å². The highest BCUT2D eigenvalue weighted by Gasteiger charge is 2.20. The van der Waals surface area contributed by atoms with Crippen LogP contribution in [0.3, 0.4) is 0 Å². The summed E-state index contributed by atoms with van der Waals surface area (Å²) >= 11 is 0. The Bertz CT molecular complexity index is 281. The zero-order valence-corrected chi connectivity index (χ0v) is 7.75. The maximum Gasteiger partial charge on any atom is 0.149 e. The lowest BCUT2D eigenvalue weighted by Crippen LogP contribution is -2.16. The van der Waals surface area contributed by atoms with Gasteiger partial charge >= 0.3 is 0 Å². The smallest absolute Gasteiger partial charge is 0.149 e. The molecule has 1 aromatic heterocycles. The molecule has 2 N–H and O–H groups in total. The van der Waals surface area contributed by atoms with Crippen LogP contribution in [0.15, 0.2) is 12.4 Å². The van der Waals surface area contributed by atoms with Gasteiger partial charge in [-0.15, -0.1) is 0 Å². The molecule has 0 bridgehead atoms. The standard InChI is InChI=1S/C9H14N4/c1-10-9-8(12-5-6-13-9)7-3-2-4-11-7/h5-7,11H,2-4H2,1H3,(H,10,13)/t7-/m1/s1. The molecule has 0 aromatic carbocycles. The molecule has 1 atom stereocenters. The molecule has 0 spiro atoms. The van der Waals surface area contributed by atoms with E-state index >= 15 is 0 Å². The van der Waals surface area contributed by atoms with Crippen LogP contribution in [0.4, 0.5) is 5.82 Å². The van der Waals surface area contributed by atoms with Gasteiger partial charge in [-0.05, 0) is 19.4 Å². The first-order chi connectivity index (χ1) is 6.42. The highest BCUT2D eigenvalue weighted by atomic mass is 15.0. The fourth-order valence-corrected chi connectivity index (χ4v) is 1.71. The predicted octanol–water partition coefficient (Wildman–Crippen LogP) is 0.943. The van der Waals surface area contributed by atoms with Crippen LogP contribution < -0.4 is 10.6 Å². The lowest BCUT2D eigenvalue weighted by atomic mass is 10.1. The fourth-order valence-electron chi connectivity index (χ4n) is 1.71. The average molecular weight is 178 g/mol. The Morgan fingerprint density at radius 1 is 1.46 bits per heavy atom. The Labute approximate surface area is 77.8 Å². The second-order valence-corrected chi connectivity index (χ2v) is 3.19. The molecular weight excluding hydrogens is 164 g/mol. The van der Waals surface area contributed by atoms with Crippen LogP contribution in [0.1, 0.15) is 24.6 Å². The summed E-state index contributed by atoms with van der Waals surface area (Å²) in [6.07, 6.45) is 5.85. The molecule has 1 aliphatic heterocycles. The molecule has 0 radical (unpaired) electrons. The Morgan fingerprint density at radius 3 is 3.00 bits per heavy atom.